The van der Waals surface area contributed by atoms with Crippen LogP contribution in [0.5, 0.6) is 11.5 Å². The fourth-order valence-electron chi connectivity index (χ4n) is 1.27. The minimum Gasteiger partial charge on any atom is -0.493 e. The number of hydrogen-bond acceptors (Lipinski definition) is 3. The molecule has 1 aromatic carbocycles. The maximum absolute atomic E-state index is 10.5. The highest BCUT2D eigenvalue weighted by Gasteiger charge is 2.07. The lowest BCUT2D eigenvalue weighted by Crippen LogP contribution is -2.01. The molecule has 4 heteroatoms. The van der Waals surface area contributed by atoms with Gasteiger partial charge in [-0.05, 0) is 24.6 Å². The Morgan fingerprint density at radius 1 is 1.40 bits per heavy atom. The number of rotatable bonds is 5. The molecule has 0 aliphatic rings. The largest absolute Gasteiger partial charge is 0.493 e. The third-order valence-electron chi connectivity index (χ3n) is 1.88. The van der Waals surface area contributed by atoms with Crippen LogP contribution in [-0.2, 0) is 11.2 Å². The highest BCUT2D eigenvalue weighted by Crippen LogP contribution is 2.28. The van der Waals surface area contributed by atoms with Crippen LogP contribution >= 0.6 is 0 Å². The second-order valence-electron chi connectivity index (χ2n) is 2.99. The van der Waals surface area contributed by atoms with Gasteiger partial charge in [0.25, 0.3) is 0 Å². The van der Waals surface area contributed by atoms with Crippen LogP contribution in [0, 0.1) is 0 Å². The smallest absolute Gasteiger partial charge is 0.307 e. The van der Waals surface area contributed by atoms with E-state index in [1.807, 2.05) is 6.92 Å². The van der Waals surface area contributed by atoms with Crippen LogP contribution in [0.4, 0.5) is 0 Å². The molecule has 0 saturated carbocycles. The summed E-state index contributed by atoms with van der Waals surface area (Å²) in [6.45, 7) is 2.43. The Hall–Kier alpha value is -1.71. The highest BCUT2D eigenvalue weighted by atomic mass is 16.5. The molecule has 0 radical (unpaired) electrons. The molecular formula is C11H14O4. The Morgan fingerprint density at radius 2 is 2.13 bits per heavy atom. The summed E-state index contributed by atoms with van der Waals surface area (Å²) in [5.74, 6) is 0.339. The van der Waals surface area contributed by atoms with E-state index in [1.165, 1.54) is 7.11 Å². The number of carbonyl (C=O) groups is 1. The van der Waals surface area contributed by atoms with Crippen molar-refractivity contribution in [2.24, 2.45) is 0 Å². The lowest BCUT2D eigenvalue weighted by molar-refractivity contribution is -0.136. The van der Waals surface area contributed by atoms with Gasteiger partial charge in [-0.2, -0.15) is 0 Å². The van der Waals surface area contributed by atoms with E-state index < -0.39 is 5.97 Å². The molecule has 0 heterocycles. The van der Waals surface area contributed by atoms with Crippen molar-refractivity contribution >= 4 is 5.97 Å². The molecule has 0 bridgehead atoms. The molecule has 0 fully saturated rings. The topological polar surface area (TPSA) is 55.8 Å². The standard InChI is InChI=1S/C11H14O4/c1-3-15-9-5-4-8(7-11(12)13)6-10(9)14-2/h4-6H,3,7H2,1-2H3,(H,12,13). The molecule has 1 rings (SSSR count). The van der Waals surface area contributed by atoms with Gasteiger partial charge in [-0.3, -0.25) is 4.79 Å². The van der Waals surface area contributed by atoms with E-state index in [0.717, 1.165) is 0 Å². The van der Waals surface area contributed by atoms with Crippen molar-refractivity contribution in [1.82, 2.24) is 0 Å². The van der Waals surface area contributed by atoms with E-state index in [9.17, 15) is 4.79 Å². The average Bonchev–Trinajstić information content (AvgIpc) is 2.20. The summed E-state index contributed by atoms with van der Waals surface area (Å²) in [5, 5.41) is 8.63. The minimum absolute atomic E-state index is 0.0111. The summed E-state index contributed by atoms with van der Waals surface area (Å²) in [7, 11) is 1.53. The summed E-state index contributed by atoms with van der Waals surface area (Å²) in [6.07, 6.45) is -0.0111. The Morgan fingerprint density at radius 3 is 2.67 bits per heavy atom. The van der Waals surface area contributed by atoms with Crippen molar-refractivity contribution in [3.8, 4) is 11.5 Å². The molecule has 0 unspecified atom stereocenters. The molecule has 82 valence electrons. The Bertz CT molecular complexity index is 346. The first-order chi connectivity index (χ1) is 7.17. The van der Waals surface area contributed by atoms with Crippen LogP contribution in [0.1, 0.15) is 12.5 Å². The quantitative estimate of drug-likeness (QED) is 0.804. The molecule has 0 amide bonds. The summed E-state index contributed by atoms with van der Waals surface area (Å²) in [5.41, 5.74) is 0.697. The van der Waals surface area contributed by atoms with Gasteiger partial charge >= 0.3 is 5.97 Å². The van der Waals surface area contributed by atoms with E-state index in [-0.39, 0.29) is 6.42 Å². The maximum Gasteiger partial charge on any atom is 0.307 e. The fraction of sp³-hybridized carbons (Fsp3) is 0.364. The van der Waals surface area contributed by atoms with Crippen LogP contribution < -0.4 is 9.47 Å². The van der Waals surface area contributed by atoms with Gasteiger partial charge in [0.1, 0.15) is 0 Å². The van der Waals surface area contributed by atoms with Gasteiger partial charge < -0.3 is 14.6 Å². The molecule has 15 heavy (non-hydrogen) atoms. The number of benzene rings is 1. The normalized spacial score (nSPS) is 9.73. The third kappa shape index (κ3) is 3.16. The monoisotopic (exact) mass is 210 g/mol. The lowest BCUT2D eigenvalue weighted by Gasteiger charge is -2.09. The summed E-state index contributed by atoms with van der Waals surface area (Å²) in [4.78, 5) is 10.5. The van der Waals surface area contributed by atoms with Crippen LogP contribution in [-0.4, -0.2) is 24.8 Å². The van der Waals surface area contributed by atoms with Crippen molar-refractivity contribution in [1.29, 1.82) is 0 Å². The number of aliphatic carboxylic acids is 1. The van der Waals surface area contributed by atoms with Gasteiger partial charge in [0.15, 0.2) is 11.5 Å². The second kappa shape index (κ2) is 5.24. The number of ether oxygens (including phenoxy) is 2. The number of carboxylic acid groups (broad SMARTS) is 1. The molecule has 0 aromatic heterocycles. The number of methoxy groups -OCH3 is 1. The summed E-state index contributed by atoms with van der Waals surface area (Å²) in [6, 6.07) is 5.13. The molecule has 0 spiro atoms. The predicted octanol–water partition coefficient (Wildman–Crippen LogP) is 1.72. The van der Waals surface area contributed by atoms with Crippen LogP contribution in [0.2, 0.25) is 0 Å². The molecule has 4 nitrogen and oxygen atoms in total. The Kier molecular flexibility index (Phi) is 3.97. The maximum atomic E-state index is 10.5. The predicted molar refractivity (Wildman–Crippen MR) is 55.5 cm³/mol. The van der Waals surface area contributed by atoms with Crippen LogP contribution in [0.25, 0.3) is 0 Å². The summed E-state index contributed by atoms with van der Waals surface area (Å²) >= 11 is 0. The van der Waals surface area contributed by atoms with E-state index >= 15 is 0 Å². The first-order valence-electron chi connectivity index (χ1n) is 4.69. The van der Waals surface area contributed by atoms with Gasteiger partial charge in [-0.25, -0.2) is 0 Å². The minimum atomic E-state index is -0.860. The summed E-state index contributed by atoms with van der Waals surface area (Å²) < 4.78 is 10.4. The van der Waals surface area contributed by atoms with Crippen LogP contribution in [0.15, 0.2) is 18.2 Å². The molecule has 1 aromatic rings. The lowest BCUT2D eigenvalue weighted by atomic mass is 10.1. The highest BCUT2D eigenvalue weighted by molar-refractivity contribution is 5.70. The Labute approximate surface area is 88.4 Å². The average molecular weight is 210 g/mol. The second-order valence-corrected chi connectivity index (χ2v) is 2.99. The van der Waals surface area contributed by atoms with Crippen LogP contribution in [0.3, 0.4) is 0 Å². The van der Waals surface area contributed by atoms with Gasteiger partial charge in [-0.15, -0.1) is 0 Å². The van der Waals surface area contributed by atoms with Gasteiger partial charge in [0, 0.05) is 0 Å². The van der Waals surface area contributed by atoms with Crippen molar-refractivity contribution in [2.45, 2.75) is 13.3 Å². The van der Waals surface area contributed by atoms with Gasteiger partial charge in [-0.1, -0.05) is 6.07 Å². The van der Waals surface area contributed by atoms with E-state index in [1.54, 1.807) is 18.2 Å². The fourth-order valence-corrected chi connectivity index (χ4v) is 1.27. The van der Waals surface area contributed by atoms with Gasteiger partial charge in [0.2, 0.25) is 0 Å². The van der Waals surface area contributed by atoms with Crippen molar-refractivity contribution in [3.63, 3.8) is 0 Å². The van der Waals surface area contributed by atoms with E-state index in [0.29, 0.717) is 23.7 Å². The van der Waals surface area contributed by atoms with Crippen molar-refractivity contribution in [2.75, 3.05) is 13.7 Å². The molecule has 0 aliphatic heterocycles. The first-order valence-corrected chi connectivity index (χ1v) is 4.69. The van der Waals surface area contributed by atoms with Crippen molar-refractivity contribution in [3.05, 3.63) is 23.8 Å². The SMILES string of the molecule is CCOc1ccc(CC(=O)O)cc1OC. The number of hydrogen-bond donors (Lipinski definition) is 1. The zero-order chi connectivity index (χ0) is 11.3. The van der Waals surface area contributed by atoms with E-state index in [2.05, 4.69) is 0 Å². The van der Waals surface area contributed by atoms with E-state index in [4.69, 9.17) is 14.6 Å². The third-order valence-corrected chi connectivity index (χ3v) is 1.88. The molecule has 0 saturated heterocycles. The molecular weight excluding hydrogens is 196 g/mol. The molecule has 1 N–H and O–H groups in total. The van der Waals surface area contributed by atoms with Crippen molar-refractivity contribution < 1.29 is 19.4 Å². The zero-order valence-corrected chi connectivity index (χ0v) is 8.82. The Balaban J connectivity index is 2.91. The zero-order valence-electron chi connectivity index (χ0n) is 8.82. The van der Waals surface area contributed by atoms with Gasteiger partial charge in [0.05, 0.1) is 20.1 Å². The molecule has 0 aliphatic carbocycles. The number of carboxylic acids is 1. The first kappa shape index (κ1) is 11.4. The molecule has 0 atom stereocenters.